The van der Waals surface area contributed by atoms with E-state index < -0.39 is 10.0 Å². The fraction of sp³-hybridized carbons (Fsp3) is 0.615. The molecule has 0 amide bonds. The fourth-order valence-electron chi connectivity index (χ4n) is 2.83. The molecule has 6 nitrogen and oxygen atoms in total. The Morgan fingerprint density at radius 3 is 3.14 bits per heavy atom. The molecule has 8 heteroatoms. The Kier molecular flexibility index (Phi) is 4.60. The minimum absolute atomic E-state index is 0.0887. The van der Waals surface area contributed by atoms with Gasteiger partial charge in [-0.1, -0.05) is 0 Å². The molecule has 0 saturated carbocycles. The number of fused-ring (bicyclic) bond motifs is 1. The third-order valence-corrected chi connectivity index (χ3v) is 5.78. The lowest BCUT2D eigenvalue weighted by Crippen LogP contribution is -2.50. The van der Waals surface area contributed by atoms with Crippen molar-refractivity contribution in [3.63, 3.8) is 0 Å². The molecule has 0 bridgehead atoms. The predicted molar refractivity (Wildman–Crippen MR) is 81.5 cm³/mol. The van der Waals surface area contributed by atoms with Gasteiger partial charge in [-0.2, -0.15) is 0 Å². The van der Waals surface area contributed by atoms with Gasteiger partial charge in [-0.15, -0.1) is 0 Å². The lowest BCUT2D eigenvalue weighted by atomic mass is 10.2. The zero-order valence-electron chi connectivity index (χ0n) is 11.5. The molecule has 1 N–H and O–H groups in total. The number of pyridine rings is 1. The summed E-state index contributed by atoms with van der Waals surface area (Å²) < 4.78 is 33.4. The van der Waals surface area contributed by atoms with E-state index in [0.29, 0.717) is 17.1 Å². The Hall–Kier alpha value is -0.540. The molecule has 0 radical (unpaired) electrons. The van der Waals surface area contributed by atoms with Crippen LogP contribution in [0.25, 0.3) is 0 Å². The average Bonchev–Trinajstić information content (AvgIpc) is 2.93. The van der Waals surface area contributed by atoms with E-state index in [1.54, 1.807) is 6.20 Å². The highest BCUT2D eigenvalue weighted by Crippen LogP contribution is 2.22. The average molecular weight is 376 g/mol. The number of morpholine rings is 1. The van der Waals surface area contributed by atoms with Crippen molar-refractivity contribution in [3.8, 4) is 0 Å². The number of nitrogens with zero attached hydrogens (tertiary/aromatic N) is 2. The van der Waals surface area contributed by atoms with Crippen LogP contribution in [-0.2, 0) is 14.8 Å². The van der Waals surface area contributed by atoms with Crippen molar-refractivity contribution < 1.29 is 13.2 Å². The summed E-state index contributed by atoms with van der Waals surface area (Å²) in [6.45, 7) is 2.87. The lowest BCUT2D eigenvalue weighted by molar-refractivity contribution is -0.0449. The zero-order valence-corrected chi connectivity index (χ0v) is 13.9. The molecule has 2 saturated heterocycles. The van der Waals surface area contributed by atoms with Gasteiger partial charge in [-0.3, -0.25) is 9.88 Å². The largest absolute Gasteiger partial charge is 0.374 e. The Labute approximate surface area is 133 Å². The van der Waals surface area contributed by atoms with E-state index in [0.717, 1.165) is 13.1 Å². The molecule has 1 aromatic heterocycles. The van der Waals surface area contributed by atoms with Crippen LogP contribution in [0.1, 0.15) is 12.8 Å². The van der Waals surface area contributed by atoms with Gasteiger partial charge >= 0.3 is 0 Å². The third-order valence-electron chi connectivity index (χ3n) is 3.95. The second-order valence-corrected chi connectivity index (χ2v) is 8.12. The fourth-order valence-corrected chi connectivity index (χ4v) is 4.40. The predicted octanol–water partition coefficient (Wildman–Crippen LogP) is 0.986. The summed E-state index contributed by atoms with van der Waals surface area (Å²) in [4.78, 5) is 6.43. The highest BCUT2D eigenvalue weighted by Gasteiger charge is 2.32. The number of sulfonamides is 1. The molecular weight excluding hydrogens is 358 g/mol. The first kappa shape index (κ1) is 15.4. The van der Waals surface area contributed by atoms with Crippen molar-refractivity contribution in [3.05, 3.63) is 22.9 Å². The maximum atomic E-state index is 12.2. The van der Waals surface area contributed by atoms with Gasteiger partial charge in [0.2, 0.25) is 10.0 Å². The number of ether oxygens (including phenoxy) is 1. The van der Waals surface area contributed by atoms with Crippen molar-refractivity contribution in [2.75, 3.05) is 26.2 Å². The van der Waals surface area contributed by atoms with E-state index in [4.69, 9.17) is 4.74 Å². The van der Waals surface area contributed by atoms with Crippen LogP contribution in [0.15, 0.2) is 27.8 Å². The summed E-state index contributed by atoms with van der Waals surface area (Å²) in [5.41, 5.74) is 0. The number of nitrogens with one attached hydrogen (secondary N) is 1. The third kappa shape index (κ3) is 3.62. The molecule has 3 heterocycles. The molecule has 0 aromatic carbocycles. The summed E-state index contributed by atoms with van der Waals surface area (Å²) in [6, 6.07) is 2.06. The Morgan fingerprint density at radius 2 is 2.33 bits per heavy atom. The van der Waals surface area contributed by atoms with Gasteiger partial charge in [0.15, 0.2) is 0 Å². The normalized spacial score (nSPS) is 26.7. The van der Waals surface area contributed by atoms with E-state index >= 15 is 0 Å². The van der Waals surface area contributed by atoms with Crippen molar-refractivity contribution in [1.82, 2.24) is 14.6 Å². The van der Waals surface area contributed by atoms with E-state index in [-0.39, 0.29) is 17.5 Å². The number of aromatic nitrogens is 1. The van der Waals surface area contributed by atoms with Crippen molar-refractivity contribution >= 4 is 26.0 Å². The smallest absolute Gasteiger partial charge is 0.242 e. The maximum absolute atomic E-state index is 12.2. The van der Waals surface area contributed by atoms with E-state index in [9.17, 15) is 8.42 Å². The quantitative estimate of drug-likeness (QED) is 0.849. The lowest BCUT2D eigenvalue weighted by Gasteiger charge is -2.35. The van der Waals surface area contributed by atoms with Gasteiger partial charge < -0.3 is 4.74 Å². The van der Waals surface area contributed by atoms with Crippen LogP contribution in [0.4, 0.5) is 0 Å². The Morgan fingerprint density at radius 1 is 1.48 bits per heavy atom. The van der Waals surface area contributed by atoms with Gasteiger partial charge in [-0.25, -0.2) is 13.1 Å². The molecule has 0 spiro atoms. The van der Waals surface area contributed by atoms with Crippen LogP contribution in [-0.4, -0.2) is 56.7 Å². The molecule has 3 rings (SSSR count). The summed E-state index contributed by atoms with van der Waals surface area (Å²) in [6.07, 6.45) is 5.19. The van der Waals surface area contributed by atoms with Crippen LogP contribution >= 0.6 is 15.9 Å². The van der Waals surface area contributed by atoms with Crippen LogP contribution in [0.2, 0.25) is 0 Å². The topological polar surface area (TPSA) is 71.5 Å². The van der Waals surface area contributed by atoms with Crippen LogP contribution in [0.3, 0.4) is 0 Å². The first-order chi connectivity index (χ1) is 10.0. The number of hydrogen-bond acceptors (Lipinski definition) is 5. The summed E-state index contributed by atoms with van der Waals surface area (Å²) in [5, 5.41) is 0. The summed E-state index contributed by atoms with van der Waals surface area (Å²) in [5.74, 6) is 0. The first-order valence-electron chi connectivity index (χ1n) is 7.00. The van der Waals surface area contributed by atoms with Crippen LogP contribution in [0.5, 0.6) is 0 Å². The molecule has 2 atom stereocenters. The zero-order chi connectivity index (χ0) is 14.9. The molecule has 2 aliphatic heterocycles. The maximum Gasteiger partial charge on any atom is 0.242 e. The summed E-state index contributed by atoms with van der Waals surface area (Å²) >= 11 is 3.23. The van der Waals surface area contributed by atoms with Gasteiger partial charge in [0, 0.05) is 36.0 Å². The van der Waals surface area contributed by atoms with Gasteiger partial charge in [-0.05, 0) is 41.4 Å². The summed E-state index contributed by atoms with van der Waals surface area (Å²) in [7, 11) is -3.55. The Bertz CT molecular complexity index is 610. The molecule has 116 valence electrons. The van der Waals surface area contributed by atoms with Gasteiger partial charge in [0.1, 0.15) is 4.90 Å². The minimum atomic E-state index is -3.55. The number of halogens is 1. The molecular formula is C13H18BrN3O3S. The minimum Gasteiger partial charge on any atom is -0.374 e. The van der Waals surface area contributed by atoms with E-state index in [1.165, 1.54) is 25.1 Å². The molecule has 2 fully saturated rings. The van der Waals surface area contributed by atoms with E-state index in [1.807, 2.05) is 0 Å². The van der Waals surface area contributed by atoms with Gasteiger partial charge in [0.05, 0.1) is 12.7 Å². The monoisotopic (exact) mass is 375 g/mol. The standard InChI is InChI=1S/C13H18BrN3O3S/c14-10-4-13(7-15-5-10)21(18,19)16-6-12-8-17-3-1-2-11(17)9-20-12/h4-5,7,11-12,16H,1-3,6,8-9H2. The molecule has 2 aliphatic rings. The van der Waals surface area contributed by atoms with Crippen molar-refractivity contribution in [1.29, 1.82) is 0 Å². The van der Waals surface area contributed by atoms with Crippen molar-refractivity contribution in [2.24, 2.45) is 0 Å². The molecule has 0 aliphatic carbocycles. The highest BCUT2D eigenvalue weighted by atomic mass is 79.9. The Balaban J connectivity index is 1.59. The number of rotatable bonds is 4. The second kappa shape index (κ2) is 6.29. The first-order valence-corrected chi connectivity index (χ1v) is 9.28. The SMILES string of the molecule is O=S(=O)(NCC1CN2CCCC2CO1)c1cncc(Br)c1. The highest BCUT2D eigenvalue weighted by molar-refractivity contribution is 9.10. The van der Waals surface area contributed by atoms with Gasteiger partial charge in [0.25, 0.3) is 0 Å². The molecule has 1 aromatic rings. The molecule has 21 heavy (non-hydrogen) atoms. The van der Waals surface area contributed by atoms with Crippen LogP contribution < -0.4 is 4.72 Å². The van der Waals surface area contributed by atoms with Crippen LogP contribution in [0, 0.1) is 0 Å². The van der Waals surface area contributed by atoms with Crippen molar-refractivity contribution in [2.45, 2.75) is 29.9 Å². The molecule has 2 unspecified atom stereocenters. The second-order valence-electron chi connectivity index (χ2n) is 5.44. The van der Waals surface area contributed by atoms with E-state index in [2.05, 4.69) is 30.5 Å². The number of hydrogen-bond donors (Lipinski definition) is 1.